The highest BCUT2D eigenvalue weighted by atomic mass is 35.5. The lowest BCUT2D eigenvalue weighted by Crippen LogP contribution is -2.45. The fraction of sp³-hybridized carbons (Fsp3) is 0.387. The topological polar surface area (TPSA) is 101 Å². The summed E-state index contributed by atoms with van der Waals surface area (Å²) in [5, 5.41) is 11.6. The van der Waals surface area contributed by atoms with Gasteiger partial charge < -0.3 is 28.8 Å². The van der Waals surface area contributed by atoms with E-state index in [0.717, 1.165) is 5.56 Å². The van der Waals surface area contributed by atoms with E-state index in [2.05, 4.69) is 23.5 Å². The molecule has 2 aromatic carbocycles. The van der Waals surface area contributed by atoms with Gasteiger partial charge in [0, 0.05) is 35.4 Å². The second-order valence-electron chi connectivity index (χ2n) is 11.2. The minimum atomic E-state index is -2.98. The van der Waals surface area contributed by atoms with E-state index in [9.17, 15) is 18.7 Å². The molecule has 1 N–H and O–H groups in total. The van der Waals surface area contributed by atoms with Gasteiger partial charge in [0.05, 0.1) is 23.9 Å². The van der Waals surface area contributed by atoms with Crippen molar-refractivity contribution >= 4 is 62.7 Å². The molecule has 2 aromatic heterocycles. The summed E-state index contributed by atoms with van der Waals surface area (Å²) < 4.78 is 46.0. The second-order valence-corrected chi connectivity index (χ2v) is 12.0. The van der Waals surface area contributed by atoms with Crippen LogP contribution in [-0.4, -0.2) is 59.0 Å². The smallest absolute Gasteiger partial charge is 0.326 e. The molecule has 2 aliphatic rings. The van der Waals surface area contributed by atoms with Gasteiger partial charge in [-0.05, 0) is 49.8 Å². The molecule has 2 aliphatic heterocycles. The lowest BCUT2D eigenvalue weighted by molar-refractivity contribution is -0.138. The normalized spacial score (nSPS) is 22.2. The molecule has 0 spiro atoms. The Balaban J connectivity index is 1.36. The van der Waals surface area contributed by atoms with E-state index in [1.807, 2.05) is 11.8 Å². The van der Waals surface area contributed by atoms with Gasteiger partial charge in [0.15, 0.2) is 23.1 Å². The number of halogens is 4. The quantitative estimate of drug-likeness (QED) is 0.196. The maximum Gasteiger partial charge on any atom is 0.326 e. The summed E-state index contributed by atoms with van der Waals surface area (Å²) in [6, 6.07) is 9.13. The zero-order valence-electron chi connectivity index (χ0n) is 24.0. The Morgan fingerprint density at radius 2 is 2.02 bits per heavy atom. The lowest BCUT2D eigenvalue weighted by Gasteiger charge is -2.41. The molecule has 2 saturated heterocycles. The van der Waals surface area contributed by atoms with Crippen LogP contribution in [0.1, 0.15) is 37.6 Å². The summed E-state index contributed by atoms with van der Waals surface area (Å²) in [6.07, 6.45) is -2.95. The van der Waals surface area contributed by atoms with Crippen LogP contribution in [0.2, 0.25) is 10.0 Å². The van der Waals surface area contributed by atoms with Crippen molar-refractivity contribution in [3.63, 3.8) is 0 Å². The van der Waals surface area contributed by atoms with Gasteiger partial charge in [0.1, 0.15) is 23.2 Å². The third-order valence-electron chi connectivity index (χ3n) is 8.19. The fourth-order valence-electron chi connectivity index (χ4n) is 6.21. The highest BCUT2D eigenvalue weighted by Crippen LogP contribution is 2.41. The summed E-state index contributed by atoms with van der Waals surface area (Å²) in [4.78, 5) is 24.0. The van der Waals surface area contributed by atoms with Crippen molar-refractivity contribution in [3.8, 4) is 0 Å². The molecular formula is C31H30Cl2F2N4O5. The number of aryl methyl sites for hydroxylation is 1. The summed E-state index contributed by atoms with van der Waals surface area (Å²) >= 11 is 13.0. The van der Waals surface area contributed by atoms with E-state index >= 15 is 0 Å². The van der Waals surface area contributed by atoms with Crippen molar-refractivity contribution < 1.29 is 32.6 Å². The van der Waals surface area contributed by atoms with Gasteiger partial charge in [-0.1, -0.05) is 42.3 Å². The van der Waals surface area contributed by atoms with Crippen LogP contribution in [-0.2, 0) is 14.3 Å². The maximum atomic E-state index is 14.0. The number of nitrogens with zero attached hydrogens (tertiary/aromatic N) is 4. The number of para-hydroxylation sites is 1. The Morgan fingerprint density at radius 1 is 1.25 bits per heavy atom. The number of alkyl halides is 2. The van der Waals surface area contributed by atoms with Crippen molar-refractivity contribution in [2.45, 2.75) is 51.3 Å². The standard InChI is InChI=1S/C31H30Cl2F2N4O5/c1-15-10-18(32)11-21(33)26(15)39(22-8-9-42-14-16(22)2)17(3)43-19-12-23(31(40)41)38(13-19)30-27-25(36-29(37-30)28(34)35)20-6-4-5-7-24(20)44-27/h4-7,10-11,16,19,22-23,28H,3,8-9,12-14H2,1-2H3,(H,40,41)/t16?,19-,22+,23-/m0/s1. The summed E-state index contributed by atoms with van der Waals surface area (Å²) in [5.74, 6) is -1.54. The molecule has 0 radical (unpaired) electrons. The van der Waals surface area contributed by atoms with Crippen LogP contribution in [0, 0.1) is 12.8 Å². The van der Waals surface area contributed by atoms with Gasteiger partial charge in [-0.3, -0.25) is 0 Å². The first kappa shape index (κ1) is 30.4. The molecule has 4 atom stereocenters. The van der Waals surface area contributed by atoms with E-state index in [0.29, 0.717) is 46.3 Å². The van der Waals surface area contributed by atoms with Crippen molar-refractivity contribution in [3.05, 3.63) is 70.3 Å². The van der Waals surface area contributed by atoms with Crippen LogP contribution in [0.3, 0.4) is 0 Å². The molecule has 13 heteroatoms. The predicted octanol–water partition coefficient (Wildman–Crippen LogP) is 7.38. The summed E-state index contributed by atoms with van der Waals surface area (Å²) in [6.45, 7) is 9.30. The van der Waals surface area contributed by atoms with Crippen molar-refractivity contribution in [1.82, 2.24) is 9.97 Å². The number of hydrogen-bond acceptors (Lipinski definition) is 8. The molecule has 4 heterocycles. The van der Waals surface area contributed by atoms with Gasteiger partial charge in [0.25, 0.3) is 6.43 Å². The first-order valence-corrected chi connectivity index (χ1v) is 14.9. The number of benzene rings is 2. The molecule has 2 fully saturated rings. The largest absolute Gasteiger partial charge is 0.480 e. The van der Waals surface area contributed by atoms with E-state index < -0.39 is 30.4 Å². The number of aromatic nitrogens is 2. The van der Waals surface area contributed by atoms with Crippen LogP contribution in [0.4, 0.5) is 20.3 Å². The minimum Gasteiger partial charge on any atom is -0.480 e. The first-order valence-electron chi connectivity index (χ1n) is 14.2. The Labute approximate surface area is 261 Å². The number of carboxylic acids is 1. The van der Waals surface area contributed by atoms with Gasteiger partial charge in [-0.2, -0.15) is 0 Å². The average Bonchev–Trinajstić information content (AvgIpc) is 3.56. The fourth-order valence-corrected chi connectivity index (χ4v) is 6.90. The number of hydrogen-bond donors (Lipinski definition) is 1. The molecule has 0 bridgehead atoms. The van der Waals surface area contributed by atoms with Crippen molar-refractivity contribution in [2.24, 2.45) is 5.92 Å². The molecule has 44 heavy (non-hydrogen) atoms. The highest BCUT2D eigenvalue weighted by Gasteiger charge is 2.42. The summed E-state index contributed by atoms with van der Waals surface area (Å²) in [7, 11) is 0. The zero-order chi connectivity index (χ0) is 31.3. The average molecular weight is 648 g/mol. The van der Waals surface area contributed by atoms with Crippen LogP contribution in [0.25, 0.3) is 22.1 Å². The minimum absolute atomic E-state index is 0.0202. The molecule has 4 aromatic rings. The van der Waals surface area contributed by atoms with E-state index in [1.165, 1.54) is 4.90 Å². The second kappa shape index (κ2) is 12.0. The van der Waals surface area contributed by atoms with Crippen molar-refractivity contribution in [2.75, 3.05) is 29.6 Å². The third-order valence-corrected chi connectivity index (χ3v) is 8.70. The zero-order valence-corrected chi connectivity index (χ0v) is 25.5. The molecule has 9 nitrogen and oxygen atoms in total. The Hall–Kier alpha value is -3.67. The molecule has 0 aliphatic carbocycles. The number of anilines is 2. The Bertz CT molecular complexity index is 1730. The van der Waals surface area contributed by atoms with Crippen LogP contribution >= 0.6 is 23.2 Å². The Kier molecular flexibility index (Phi) is 8.29. The number of furan rings is 1. The van der Waals surface area contributed by atoms with E-state index in [4.69, 9.17) is 37.1 Å². The lowest BCUT2D eigenvalue weighted by atomic mass is 9.95. The number of carbonyl (C=O) groups is 1. The monoisotopic (exact) mass is 646 g/mol. The molecule has 0 saturated carbocycles. The SMILES string of the molecule is C=C(O[C@H]1C[C@@H](C(=O)O)N(c2nc(C(F)F)nc3c2oc2ccccc23)C1)N(c1c(C)cc(Cl)cc1Cl)[C@@H]1CCOCC1C. The number of aliphatic carboxylic acids is 1. The van der Waals surface area contributed by atoms with Gasteiger partial charge >= 0.3 is 5.97 Å². The van der Waals surface area contributed by atoms with E-state index in [-0.39, 0.29) is 47.7 Å². The van der Waals surface area contributed by atoms with Crippen molar-refractivity contribution in [1.29, 1.82) is 0 Å². The van der Waals surface area contributed by atoms with Gasteiger partial charge in [0.2, 0.25) is 0 Å². The number of carboxylic acid groups (broad SMARTS) is 1. The van der Waals surface area contributed by atoms with Crippen LogP contribution in [0.15, 0.2) is 53.3 Å². The predicted molar refractivity (Wildman–Crippen MR) is 164 cm³/mol. The summed E-state index contributed by atoms with van der Waals surface area (Å²) in [5.41, 5.74) is 2.24. The van der Waals surface area contributed by atoms with E-state index in [1.54, 1.807) is 36.4 Å². The number of rotatable bonds is 8. The third kappa shape index (κ3) is 5.52. The highest BCUT2D eigenvalue weighted by molar-refractivity contribution is 6.36. The van der Waals surface area contributed by atoms with Gasteiger partial charge in [-0.25, -0.2) is 23.5 Å². The first-order chi connectivity index (χ1) is 21.0. The molecule has 0 amide bonds. The van der Waals surface area contributed by atoms with Crippen LogP contribution < -0.4 is 9.80 Å². The Morgan fingerprint density at radius 3 is 2.73 bits per heavy atom. The number of fused-ring (bicyclic) bond motifs is 3. The molecule has 6 rings (SSSR count). The molecule has 1 unspecified atom stereocenters. The molecular weight excluding hydrogens is 617 g/mol. The maximum absolute atomic E-state index is 14.0. The number of ether oxygens (including phenoxy) is 2. The van der Waals surface area contributed by atoms with Crippen LogP contribution in [0.5, 0.6) is 0 Å². The molecule has 232 valence electrons. The van der Waals surface area contributed by atoms with Gasteiger partial charge in [-0.15, -0.1) is 0 Å².